The Morgan fingerprint density at radius 2 is 1.96 bits per heavy atom. The molecule has 124 valence electrons. The SMILES string of the molecule is CCCCNC(=O)C[NH+](C)Cc1ccc(-c2ccc(Br)cc2)o1. The van der Waals surface area contributed by atoms with Crippen LogP contribution < -0.4 is 10.2 Å². The summed E-state index contributed by atoms with van der Waals surface area (Å²) in [6, 6.07) is 12.0. The maximum Gasteiger partial charge on any atom is 0.275 e. The Morgan fingerprint density at radius 1 is 1.22 bits per heavy atom. The molecule has 1 atom stereocenters. The van der Waals surface area contributed by atoms with Crippen LogP contribution in [-0.4, -0.2) is 26.0 Å². The van der Waals surface area contributed by atoms with Gasteiger partial charge in [-0.2, -0.15) is 0 Å². The molecular formula is C18H24BrN2O2+. The van der Waals surface area contributed by atoms with Gasteiger partial charge in [0.05, 0.1) is 7.05 Å². The topological polar surface area (TPSA) is 46.7 Å². The van der Waals surface area contributed by atoms with Crippen LogP contribution in [0.25, 0.3) is 11.3 Å². The first kappa shape index (κ1) is 17.8. The van der Waals surface area contributed by atoms with Crippen LogP contribution in [0.15, 0.2) is 45.3 Å². The van der Waals surface area contributed by atoms with E-state index in [1.807, 2.05) is 43.4 Å². The van der Waals surface area contributed by atoms with Crippen LogP contribution >= 0.6 is 15.9 Å². The highest BCUT2D eigenvalue weighted by molar-refractivity contribution is 9.10. The quantitative estimate of drug-likeness (QED) is 0.692. The van der Waals surface area contributed by atoms with Gasteiger partial charge in [-0.25, -0.2) is 0 Å². The minimum absolute atomic E-state index is 0.0932. The normalized spacial score (nSPS) is 12.1. The van der Waals surface area contributed by atoms with Crippen LogP contribution in [0.2, 0.25) is 0 Å². The van der Waals surface area contributed by atoms with Crippen molar-refractivity contribution in [2.24, 2.45) is 0 Å². The number of amides is 1. The van der Waals surface area contributed by atoms with Crippen molar-refractivity contribution in [3.8, 4) is 11.3 Å². The van der Waals surface area contributed by atoms with Crippen molar-refractivity contribution in [1.82, 2.24) is 5.32 Å². The lowest BCUT2D eigenvalue weighted by Crippen LogP contribution is -3.08. The second-order valence-electron chi connectivity index (χ2n) is 5.79. The fourth-order valence-electron chi connectivity index (χ4n) is 2.34. The fraction of sp³-hybridized carbons (Fsp3) is 0.389. The number of benzene rings is 1. The summed E-state index contributed by atoms with van der Waals surface area (Å²) >= 11 is 3.43. The van der Waals surface area contributed by atoms with E-state index in [4.69, 9.17) is 4.42 Å². The lowest BCUT2D eigenvalue weighted by Gasteiger charge is -2.12. The Balaban J connectivity index is 1.86. The molecular weight excluding hydrogens is 356 g/mol. The summed E-state index contributed by atoms with van der Waals surface area (Å²) in [5.41, 5.74) is 1.05. The Hall–Kier alpha value is -1.59. The lowest BCUT2D eigenvalue weighted by molar-refractivity contribution is -0.886. The zero-order chi connectivity index (χ0) is 16.7. The number of carbonyl (C=O) groups is 1. The summed E-state index contributed by atoms with van der Waals surface area (Å²) in [5.74, 6) is 1.84. The zero-order valence-electron chi connectivity index (χ0n) is 13.7. The van der Waals surface area contributed by atoms with Gasteiger partial charge in [0.15, 0.2) is 12.3 Å². The summed E-state index contributed by atoms with van der Waals surface area (Å²) in [7, 11) is 2.00. The van der Waals surface area contributed by atoms with E-state index in [0.29, 0.717) is 13.1 Å². The third kappa shape index (κ3) is 5.84. The molecule has 0 saturated heterocycles. The molecule has 1 amide bonds. The van der Waals surface area contributed by atoms with Gasteiger partial charge >= 0.3 is 0 Å². The van der Waals surface area contributed by atoms with Crippen molar-refractivity contribution in [1.29, 1.82) is 0 Å². The molecule has 0 saturated carbocycles. The van der Waals surface area contributed by atoms with Gasteiger partial charge in [0.1, 0.15) is 12.3 Å². The molecule has 2 aromatic rings. The second-order valence-corrected chi connectivity index (χ2v) is 6.70. The van der Waals surface area contributed by atoms with Gasteiger partial charge in [0.25, 0.3) is 5.91 Å². The van der Waals surface area contributed by atoms with E-state index in [1.54, 1.807) is 0 Å². The Bertz CT molecular complexity index is 622. The average Bonchev–Trinajstić information content (AvgIpc) is 2.96. The third-order valence-electron chi connectivity index (χ3n) is 3.58. The van der Waals surface area contributed by atoms with Gasteiger partial charge in [0.2, 0.25) is 0 Å². The maximum atomic E-state index is 11.8. The number of hydrogen-bond donors (Lipinski definition) is 2. The van der Waals surface area contributed by atoms with E-state index in [2.05, 4.69) is 28.2 Å². The highest BCUT2D eigenvalue weighted by Crippen LogP contribution is 2.23. The van der Waals surface area contributed by atoms with Crippen molar-refractivity contribution >= 4 is 21.8 Å². The number of carbonyl (C=O) groups excluding carboxylic acids is 1. The van der Waals surface area contributed by atoms with Crippen molar-refractivity contribution in [3.63, 3.8) is 0 Å². The van der Waals surface area contributed by atoms with Crippen molar-refractivity contribution < 1.29 is 14.1 Å². The number of nitrogens with one attached hydrogen (secondary N) is 2. The van der Waals surface area contributed by atoms with E-state index < -0.39 is 0 Å². The van der Waals surface area contributed by atoms with Crippen LogP contribution in [0.1, 0.15) is 25.5 Å². The highest BCUT2D eigenvalue weighted by atomic mass is 79.9. The number of furan rings is 1. The molecule has 4 nitrogen and oxygen atoms in total. The molecule has 5 heteroatoms. The Labute approximate surface area is 146 Å². The number of quaternary nitrogens is 1. The van der Waals surface area contributed by atoms with Crippen LogP contribution in [-0.2, 0) is 11.3 Å². The number of hydrogen-bond acceptors (Lipinski definition) is 2. The van der Waals surface area contributed by atoms with Gasteiger partial charge in [-0.1, -0.05) is 41.4 Å². The van der Waals surface area contributed by atoms with E-state index >= 15 is 0 Å². The average molecular weight is 380 g/mol. The molecule has 2 rings (SSSR count). The molecule has 0 spiro atoms. The summed E-state index contributed by atoms with van der Waals surface area (Å²) < 4.78 is 6.94. The van der Waals surface area contributed by atoms with Crippen LogP contribution in [0, 0.1) is 0 Å². The molecule has 0 aliphatic rings. The smallest absolute Gasteiger partial charge is 0.275 e. The van der Waals surface area contributed by atoms with Crippen LogP contribution in [0.3, 0.4) is 0 Å². The number of halogens is 1. The summed E-state index contributed by atoms with van der Waals surface area (Å²) in [4.78, 5) is 12.9. The first-order valence-corrected chi connectivity index (χ1v) is 8.80. The standard InChI is InChI=1S/C18H23BrN2O2/c1-3-4-11-20-18(22)13-21(2)12-16-9-10-17(23-16)14-5-7-15(19)8-6-14/h5-10H,3-4,11-13H2,1-2H3,(H,20,22)/p+1. The first-order valence-electron chi connectivity index (χ1n) is 8.01. The van der Waals surface area contributed by atoms with E-state index in [9.17, 15) is 4.79 Å². The summed E-state index contributed by atoms with van der Waals surface area (Å²) in [5, 5.41) is 2.94. The number of rotatable bonds is 8. The van der Waals surface area contributed by atoms with E-state index in [0.717, 1.165) is 45.8 Å². The minimum atomic E-state index is 0.0932. The largest absolute Gasteiger partial charge is 0.455 e. The lowest BCUT2D eigenvalue weighted by atomic mass is 10.2. The van der Waals surface area contributed by atoms with Crippen molar-refractivity contribution in [2.75, 3.05) is 20.1 Å². The first-order chi connectivity index (χ1) is 11.1. The summed E-state index contributed by atoms with van der Waals surface area (Å²) in [6.45, 7) is 4.02. The molecule has 0 aliphatic carbocycles. The summed E-state index contributed by atoms with van der Waals surface area (Å²) in [6.07, 6.45) is 2.12. The molecule has 0 aliphatic heterocycles. The van der Waals surface area contributed by atoms with Crippen molar-refractivity contribution in [2.45, 2.75) is 26.3 Å². The molecule has 1 heterocycles. The molecule has 1 aromatic carbocycles. The molecule has 2 N–H and O–H groups in total. The number of unbranched alkanes of at least 4 members (excludes halogenated alkanes) is 1. The zero-order valence-corrected chi connectivity index (χ0v) is 15.3. The maximum absolute atomic E-state index is 11.8. The Kier molecular flexibility index (Phi) is 6.86. The van der Waals surface area contributed by atoms with Crippen LogP contribution in [0.5, 0.6) is 0 Å². The molecule has 23 heavy (non-hydrogen) atoms. The predicted molar refractivity (Wildman–Crippen MR) is 95.2 cm³/mol. The van der Waals surface area contributed by atoms with Crippen LogP contribution in [0.4, 0.5) is 0 Å². The fourth-order valence-corrected chi connectivity index (χ4v) is 2.61. The predicted octanol–water partition coefficient (Wildman–Crippen LogP) is 2.64. The Morgan fingerprint density at radius 3 is 2.65 bits per heavy atom. The monoisotopic (exact) mass is 379 g/mol. The highest BCUT2D eigenvalue weighted by Gasteiger charge is 2.13. The minimum Gasteiger partial charge on any atom is -0.455 e. The second kappa shape index (κ2) is 8.89. The number of likely N-dealkylation sites (N-methyl/N-ethyl adjacent to an activating group) is 1. The molecule has 1 unspecified atom stereocenters. The van der Waals surface area contributed by atoms with E-state index in [1.165, 1.54) is 0 Å². The van der Waals surface area contributed by atoms with E-state index in [-0.39, 0.29) is 5.91 Å². The molecule has 1 aromatic heterocycles. The van der Waals surface area contributed by atoms with Gasteiger partial charge in [-0.05, 0) is 30.7 Å². The van der Waals surface area contributed by atoms with Gasteiger partial charge in [0, 0.05) is 16.6 Å². The van der Waals surface area contributed by atoms with Crippen molar-refractivity contribution in [3.05, 3.63) is 46.6 Å². The van der Waals surface area contributed by atoms with Gasteiger partial charge in [-0.3, -0.25) is 4.79 Å². The molecule has 0 bridgehead atoms. The molecule has 0 radical (unpaired) electrons. The van der Waals surface area contributed by atoms with Gasteiger partial charge < -0.3 is 14.6 Å². The van der Waals surface area contributed by atoms with Gasteiger partial charge in [-0.15, -0.1) is 0 Å². The molecule has 0 fully saturated rings. The third-order valence-corrected chi connectivity index (χ3v) is 4.11.